The molecule has 1 heterocycles. The number of hydrogen-bond acceptors (Lipinski definition) is 2. The van der Waals surface area contributed by atoms with Crippen LogP contribution >= 0.6 is 24.0 Å². The van der Waals surface area contributed by atoms with Crippen LogP contribution in [0.1, 0.15) is 51.2 Å². The summed E-state index contributed by atoms with van der Waals surface area (Å²) < 4.78 is 0. The SMILES string of the molecule is CCNC(=NCC(C)(C)c1ccccc1C)N1CCC(CC(=O)NC)CC1.I. The van der Waals surface area contributed by atoms with E-state index in [0.29, 0.717) is 12.3 Å². The molecule has 0 unspecified atom stereocenters. The van der Waals surface area contributed by atoms with Gasteiger partial charge in [0.05, 0.1) is 6.54 Å². The molecule has 0 aromatic heterocycles. The molecule has 1 aromatic rings. The number of hydrogen-bond donors (Lipinski definition) is 2. The van der Waals surface area contributed by atoms with Crippen molar-refractivity contribution in [2.75, 3.05) is 33.2 Å². The minimum atomic E-state index is -0.0104. The Balaban J connectivity index is 0.00000392. The van der Waals surface area contributed by atoms with Gasteiger partial charge in [0.2, 0.25) is 5.91 Å². The van der Waals surface area contributed by atoms with Crippen LogP contribution < -0.4 is 10.6 Å². The molecule has 1 aromatic carbocycles. The molecule has 158 valence electrons. The summed E-state index contributed by atoms with van der Waals surface area (Å²) in [5.74, 6) is 1.62. The van der Waals surface area contributed by atoms with Gasteiger partial charge in [0.1, 0.15) is 0 Å². The fraction of sp³-hybridized carbons (Fsp3) is 0.636. The normalized spacial score (nSPS) is 15.8. The van der Waals surface area contributed by atoms with E-state index in [0.717, 1.165) is 45.0 Å². The van der Waals surface area contributed by atoms with Crippen molar-refractivity contribution in [1.29, 1.82) is 0 Å². The van der Waals surface area contributed by atoms with Gasteiger partial charge in [-0.2, -0.15) is 0 Å². The molecule has 28 heavy (non-hydrogen) atoms. The predicted octanol–water partition coefficient (Wildman–Crippen LogP) is 3.70. The average Bonchev–Trinajstić information content (AvgIpc) is 2.66. The monoisotopic (exact) mass is 500 g/mol. The number of amides is 1. The van der Waals surface area contributed by atoms with E-state index in [9.17, 15) is 4.79 Å². The molecule has 5 nitrogen and oxygen atoms in total. The summed E-state index contributed by atoms with van der Waals surface area (Å²) in [4.78, 5) is 18.9. The largest absolute Gasteiger partial charge is 0.359 e. The minimum Gasteiger partial charge on any atom is -0.359 e. The van der Waals surface area contributed by atoms with Crippen LogP contribution in [0.3, 0.4) is 0 Å². The maximum absolute atomic E-state index is 11.6. The Morgan fingerprint density at radius 2 is 1.89 bits per heavy atom. The molecule has 0 spiro atoms. The maximum atomic E-state index is 11.6. The Kier molecular flexibility index (Phi) is 10.3. The Hall–Kier alpha value is -1.31. The number of benzene rings is 1. The second-order valence-corrected chi connectivity index (χ2v) is 8.18. The molecule has 0 saturated carbocycles. The molecule has 6 heteroatoms. The number of aliphatic imine (C=N–C) groups is 1. The highest BCUT2D eigenvalue weighted by Crippen LogP contribution is 2.27. The Labute approximate surface area is 187 Å². The van der Waals surface area contributed by atoms with Crippen LogP contribution in [0.15, 0.2) is 29.3 Å². The van der Waals surface area contributed by atoms with Crippen LogP contribution in [0.2, 0.25) is 0 Å². The number of rotatable bonds is 6. The van der Waals surface area contributed by atoms with E-state index < -0.39 is 0 Å². The number of likely N-dealkylation sites (tertiary alicyclic amines) is 1. The van der Waals surface area contributed by atoms with Crippen LogP contribution in [-0.2, 0) is 10.2 Å². The van der Waals surface area contributed by atoms with Crippen LogP contribution in [-0.4, -0.2) is 50.0 Å². The molecule has 1 saturated heterocycles. The molecule has 2 rings (SSSR count). The van der Waals surface area contributed by atoms with E-state index >= 15 is 0 Å². The first-order valence-electron chi connectivity index (χ1n) is 10.2. The molecule has 2 N–H and O–H groups in total. The van der Waals surface area contributed by atoms with Crippen LogP contribution in [0, 0.1) is 12.8 Å². The lowest BCUT2D eigenvalue weighted by molar-refractivity contribution is -0.121. The number of carbonyl (C=O) groups excluding carboxylic acids is 1. The summed E-state index contributed by atoms with van der Waals surface area (Å²) in [5, 5.41) is 6.19. The number of halogens is 1. The van der Waals surface area contributed by atoms with Gasteiger partial charge in [-0.25, -0.2) is 0 Å². The van der Waals surface area contributed by atoms with Crippen molar-refractivity contribution in [2.45, 2.75) is 52.4 Å². The zero-order valence-electron chi connectivity index (χ0n) is 18.0. The van der Waals surface area contributed by atoms with Crippen molar-refractivity contribution in [3.05, 3.63) is 35.4 Å². The van der Waals surface area contributed by atoms with Gasteiger partial charge < -0.3 is 15.5 Å². The van der Waals surface area contributed by atoms with Crippen molar-refractivity contribution in [1.82, 2.24) is 15.5 Å². The lowest BCUT2D eigenvalue weighted by atomic mass is 9.82. The van der Waals surface area contributed by atoms with Crippen LogP contribution in [0.25, 0.3) is 0 Å². The fourth-order valence-electron chi connectivity index (χ4n) is 3.83. The topological polar surface area (TPSA) is 56.7 Å². The van der Waals surface area contributed by atoms with Crippen molar-refractivity contribution in [3.8, 4) is 0 Å². The Morgan fingerprint density at radius 1 is 1.25 bits per heavy atom. The number of piperidine rings is 1. The lowest BCUT2D eigenvalue weighted by Gasteiger charge is -2.35. The molecule has 0 atom stereocenters. The molecule has 0 radical (unpaired) electrons. The zero-order valence-corrected chi connectivity index (χ0v) is 20.4. The van der Waals surface area contributed by atoms with Gasteiger partial charge in [-0.15, -0.1) is 24.0 Å². The van der Waals surface area contributed by atoms with E-state index in [1.165, 1.54) is 11.1 Å². The third kappa shape index (κ3) is 6.94. The van der Waals surface area contributed by atoms with E-state index in [2.05, 4.69) is 67.5 Å². The molecule has 0 bridgehead atoms. The third-order valence-corrected chi connectivity index (χ3v) is 5.50. The van der Waals surface area contributed by atoms with Gasteiger partial charge in [-0.05, 0) is 43.7 Å². The van der Waals surface area contributed by atoms with Gasteiger partial charge in [0.15, 0.2) is 5.96 Å². The number of aryl methyl sites for hydroxylation is 1. The zero-order chi connectivity index (χ0) is 19.9. The Morgan fingerprint density at radius 3 is 2.46 bits per heavy atom. The van der Waals surface area contributed by atoms with Crippen molar-refractivity contribution in [2.24, 2.45) is 10.9 Å². The van der Waals surface area contributed by atoms with Gasteiger partial charge in [0.25, 0.3) is 0 Å². The van der Waals surface area contributed by atoms with Crippen LogP contribution in [0.4, 0.5) is 0 Å². The molecule has 1 aliphatic heterocycles. The number of guanidine groups is 1. The summed E-state index contributed by atoms with van der Waals surface area (Å²) in [6.07, 6.45) is 2.72. The predicted molar refractivity (Wildman–Crippen MR) is 129 cm³/mol. The second kappa shape index (κ2) is 11.6. The molecular formula is C22H37IN4O. The van der Waals surface area contributed by atoms with Gasteiger partial charge >= 0.3 is 0 Å². The first kappa shape index (κ1) is 24.7. The average molecular weight is 500 g/mol. The second-order valence-electron chi connectivity index (χ2n) is 8.18. The minimum absolute atomic E-state index is 0. The summed E-state index contributed by atoms with van der Waals surface area (Å²) in [6, 6.07) is 8.58. The fourth-order valence-corrected chi connectivity index (χ4v) is 3.83. The van der Waals surface area contributed by atoms with Gasteiger partial charge in [0, 0.05) is 38.5 Å². The quantitative estimate of drug-likeness (QED) is 0.356. The molecule has 1 fully saturated rings. The third-order valence-electron chi connectivity index (χ3n) is 5.50. The summed E-state index contributed by atoms with van der Waals surface area (Å²) >= 11 is 0. The first-order valence-corrected chi connectivity index (χ1v) is 10.2. The molecular weight excluding hydrogens is 463 g/mol. The molecule has 1 amide bonds. The van der Waals surface area contributed by atoms with E-state index in [1.807, 2.05) is 0 Å². The lowest BCUT2D eigenvalue weighted by Crippen LogP contribution is -2.46. The van der Waals surface area contributed by atoms with Crippen molar-refractivity contribution in [3.63, 3.8) is 0 Å². The van der Waals surface area contributed by atoms with E-state index in [1.54, 1.807) is 7.05 Å². The van der Waals surface area contributed by atoms with E-state index in [-0.39, 0.29) is 35.3 Å². The van der Waals surface area contributed by atoms with E-state index in [4.69, 9.17) is 4.99 Å². The smallest absolute Gasteiger partial charge is 0.220 e. The number of nitrogens with one attached hydrogen (secondary N) is 2. The summed E-state index contributed by atoms with van der Waals surface area (Å²) in [5.41, 5.74) is 2.66. The highest BCUT2D eigenvalue weighted by Gasteiger charge is 2.25. The standard InChI is InChI=1S/C22H36N4O.HI/c1-6-24-21(26-13-11-18(12-14-26)15-20(27)23-5)25-16-22(3,4)19-10-8-7-9-17(19)2;/h7-10,18H,6,11-16H2,1-5H3,(H,23,27)(H,24,25);1H. The van der Waals surface area contributed by atoms with Crippen LogP contribution in [0.5, 0.6) is 0 Å². The number of carbonyl (C=O) groups is 1. The van der Waals surface area contributed by atoms with Gasteiger partial charge in [-0.1, -0.05) is 38.1 Å². The Bertz CT molecular complexity index is 652. The highest BCUT2D eigenvalue weighted by molar-refractivity contribution is 14.0. The number of nitrogens with zero attached hydrogens (tertiary/aromatic N) is 2. The first-order chi connectivity index (χ1) is 12.9. The molecule has 1 aliphatic rings. The van der Waals surface area contributed by atoms with Crippen molar-refractivity contribution < 1.29 is 4.79 Å². The summed E-state index contributed by atoms with van der Waals surface area (Å²) in [6.45, 7) is 12.3. The van der Waals surface area contributed by atoms with Crippen molar-refractivity contribution >= 4 is 35.8 Å². The summed E-state index contributed by atoms with van der Waals surface area (Å²) in [7, 11) is 1.71. The molecule has 0 aliphatic carbocycles. The highest BCUT2D eigenvalue weighted by atomic mass is 127. The van der Waals surface area contributed by atoms with Gasteiger partial charge in [-0.3, -0.25) is 9.79 Å². The maximum Gasteiger partial charge on any atom is 0.220 e.